The minimum Gasteiger partial charge on any atom is -0.478 e. The zero-order valence-electron chi connectivity index (χ0n) is 25.2. The third-order valence-electron chi connectivity index (χ3n) is 6.16. The van der Waals surface area contributed by atoms with Gasteiger partial charge in [0.05, 0.1) is 12.0 Å². The summed E-state index contributed by atoms with van der Waals surface area (Å²) in [5, 5.41) is 9.41. The quantitative estimate of drug-likeness (QED) is 0.144. The van der Waals surface area contributed by atoms with Gasteiger partial charge >= 0.3 is 5.97 Å². The van der Waals surface area contributed by atoms with Crippen molar-refractivity contribution in [2.75, 3.05) is 6.54 Å². The molecular formula is C34H44F2N2O3S. The second-order valence-electron chi connectivity index (χ2n) is 11.4. The number of carboxylic acid groups (broad SMARTS) is 1. The van der Waals surface area contributed by atoms with Crippen LogP contribution in [0.15, 0.2) is 71.6 Å². The second-order valence-corrected chi connectivity index (χ2v) is 12.5. The summed E-state index contributed by atoms with van der Waals surface area (Å²) >= 11 is 1.51. The van der Waals surface area contributed by atoms with Gasteiger partial charge in [0.25, 0.3) is 0 Å². The lowest BCUT2D eigenvalue weighted by Crippen LogP contribution is -2.33. The van der Waals surface area contributed by atoms with Crippen molar-refractivity contribution in [1.82, 2.24) is 4.90 Å². The molecule has 0 unspecified atom stereocenters. The summed E-state index contributed by atoms with van der Waals surface area (Å²) in [6.45, 7) is 8.65. The fourth-order valence-corrected chi connectivity index (χ4v) is 5.08. The normalized spacial score (nSPS) is 11.0. The number of carbonyl (C=O) groups excluding carboxylic acids is 1. The van der Waals surface area contributed by atoms with Crippen LogP contribution in [0.5, 0.6) is 0 Å². The van der Waals surface area contributed by atoms with Crippen molar-refractivity contribution in [3.8, 4) is 0 Å². The molecule has 3 aromatic carbocycles. The van der Waals surface area contributed by atoms with Gasteiger partial charge in [-0.05, 0) is 62.6 Å². The fourth-order valence-electron chi connectivity index (χ4n) is 4.10. The molecule has 0 aliphatic rings. The maximum absolute atomic E-state index is 14.3. The number of hydrogen-bond donors (Lipinski definition) is 2. The van der Waals surface area contributed by atoms with Crippen LogP contribution in [-0.4, -0.2) is 34.0 Å². The highest BCUT2D eigenvalue weighted by Crippen LogP contribution is 2.26. The Morgan fingerprint density at radius 2 is 1.60 bits per heavy atom. The molecule has 3 N–H and O–H groups in total. The number of thioether (sulfide) groups is 1. The lowest BCUT2D eigenvalue weighted by molar-refractivity contribution is -0.131. The maximum Gasteiger partial charge on any atom is 0.335 e. The summed E-state index contributed by atoms with van der Waals surface area (Å²) in [7, 11) is 0. The molecule has 42 heavy (non-hydrogen) atoms. The SMILES string of the molecule is CC(C)(C)N.CCCCCCCN(Cc1ccc(F)cc1F)C(=O)Cc1cccc(SCc2ccccc2C(=O)O)c1. The smallest absolute Gasteiger partial charge is 0.335 e. The molecule has 3 aromatic rings. The van der Waals surface area contributed by atoms with Crippen molar-refractivity contribution in [3.05, 3.63) is 101 Å². The van der Waals surface area contributed by atoms with Crippen LogP contribution in [0.3, 0.4) is 0 Å². The number of benzene rings is 3. The van der Waals surface area contributed by atoms with Gasteiger partial charge < -0.3 is 15.7 Å². The topological polar surface area (TPSA) is 83.6 Å². The van der Waals surface area contributed by atoms with E-state index in [1.165, 1.54) is 23.9 Å². The van der Waals surface area contributed by atoms with Gasteiger partial charge in [0.2, 0.25) is 5.91 Å². The second kappa shape index (κ2) is 17.7. The van der Waals surface area contributed by atoms with Crippen molar-refractivity contribution in [1.29, 1.82) is 0 Å². The Morgan fingerprint density at radius 1 is 0.905 bits per heavy atom. The molecular weight excluding hydrogens is 554 g/mol. The highest BCUT2D eigenvalue weighted by atomic mass is 32.2. The largest absolute Gasteiger partial charge is 0.478 e. The molecule has 0 spiro atoms. The van der Waals surface area contributed by atoms with Crippen molar-refractivity contribution in [2.45, 2.75) is 89.0 Å². The molecule has 0 radical (unpaired) electrons. The Morgan fingerprint density at radius 3 is 2.26 bits per heavy atom. The number of rotatable bonds is 14. The summed E-state index contributed by atoms with van der Waals surface area (Å²) in [5.74, 6) is -1.86. The van der Waals surface area contributed by atoms with Crippen LogP contribution in [0.4, 0.5) is 8.78 Å². The molecule has 0 atom stereocenters. The molecule has 0 saturated carbocycles. The van der Waals surface area contributed by atoms with Crippen molar-refractivity contribution in [3.63, 3.8) is 0 Å². The average Bonchev–Trinajstić information content (AvgIpc) is 2.91. The number of amides is 1. The van der Waals surface area contributed by atoms with E-state index in [0.29, 0.717) is 17.9 Å². The number of nitrogens with two attached hydrogens (primary N) is 1. The number of aromatic carboxylic acids is 1. The van der Waals surface area contributed by atoms with Crippen LogP contribution in [-0.2, 0) is 23.5 Å². The van der Waals surface area contributed by atoms with Gasteiger partial charge in [-0.15, -0.1) is 11.8 Å². The first-order valence-electron chi connectivity index (χ1n) is 14.4. The fraction of sp³-hybridized carbons (Fsp3) is 0.412. The number of hydrogen-bond acceptors (Lipinski definition) is 4. The average molecular weight is 599 g/mol. The standard InChI is InChI=1S/C30H33F2NO3S.C4H11N/c1-2-3-4-5-8-16-33(20-23-14-15-25(31)19-28(23)32)29(34)18-22-10-9-12-26(17-22)37-21-24-11-6-7-13-27(24)30(35)36;1-4(2,3)5/h6-7,9-15,17,19H,2-5,8,16,18,20-21H2,1H3,(H,35,36);5H2,1-3H3. The molecule has 3 rings (SSSR count). The third-order valence-corrected chi connectivity index (χ3v) is 7.20. The van der Waals surface area contributed by atoms with Crippen LogP contribution in [0.25, 0.3) is 0 Å². The van der Waals surface area contributed by atoms with Crippen LogP contribution in [0.2, 0.25) is 0 Å². The summed E-state index contributed by atoms with van der Waals surface area (Å²) in [5.41, 5.74) is 7.50. The van der Waals surface area contributed by atoms with Crippen molar-refractivity contribution < 1.29 is 23.5 Å². The van der Waals surface area contributed by atoms with Gasteiger partial charge in [-0.25, -0.2) is 13.6 Å². The lowest BCUT2D eigenvalue weighted by atomic mass is 10.1. The molecule has 0 aliphatic carbocycles. The summed E-state index contributed by atoms with van der Waals surface area (Å²) in [6, 6.07) is 18.0. The molecule has 1 amide bonds. The maximum atomic E-state index is 14.3. The van der Waals surface area contributed by atoms with Gasteiger partial charge in [0.1, 0.15) is 11.6 Å². The first kappa shape index (κ1) is 35.0. The highest BCUT2D eigenvalue weighted by Gasteiger charge is 2.17. The van der Waals surface area contributed by atoms with Crippen LogP contribution < -0.4 is 5.73 Å². The molecule has 0 bridgehead atoms. The van der Waals surface area contributed by atoms with Crippen LogP contribution in [0.1, 0.15) is 86.8 Å². The molecule has 0 aromatic heterocycles. The molecule has 8 heteroatoms. The molecule has 0 heterocycles. The minimum absolute atomic E-state index is 0. The molecule has 228 valence electrons. The van der Waals surface area contributed by atoms with Gasteiger partial charge in [-0.3, -0.25) is 4.79 Å². The van der Waals surface area contributed by atoms with Gasteiger partial charge in [0, 0.05) is 40.9 Å². The summed E-state index contributed by atoms with van der Waals surface area (Å²) in [4.78, 5) is 27.3. The van der Waals surface area contributed by atoms with Crippen molar-refractivity contribution in [2.24, 2.45) is 5.73 Å². The Balaban J connectivity index is 0.00000113. The minimum atomic E-state index is -0.956. The van der Waals surface area contributed by atoms with E-state index < -0.39 is 17.6 Å². The van der Waals surface area contributed by atoms with E-state index in [1.807, 2.05) is 51.1 Å². The van der Waals surface area contributed by atoms with E-state index in [4.69, 9.17) is 5.73 Å². The summed E-state index contributed by atoms with van der Waals surface area (Å²) in [6.07, 6.45) is 5.34. The third kappa shape index (κ3) is 13.6. The zero-order chi connectivity index (χ0) is 31.1. The van der Waals surface area contributed by atoms with E-state index in [2.05, 4.69) is 6.92 Å². The predicted molar refractivity (Wildman–Crippen MR) is 168 cm³/mol. The van der Waals surface area contributed by atoms with Gasteiger partial charge in [-0.1, -0.05) is 69.0 Å². The van der Waals surface area contributed by atoms with E-state index in [9.17, 15) is 23.5 Å². The van der Waals surface area contributed by atoms with Crippen molar-refractivity contribution >= 4 is 23.6 Å². The van der Waals surface area contributed by atoms with E-state index >= 15 is 0 Å². The van der Waals surface area contributed by atoms with Crippen LogP contribution >= 0.6 is 11.8 Å². The highest BCUT2D eigenvalue weighted by molar-refractivity contribution is 7.98. The number of unbranched alkanes of at least 4 members (excludes halogenated alkanes) is 4. The number of carboxylic acids is 1. The number of halogens is 2. The Bertz CT molecular complexity index is 1290. The first-order chi connectivity index (χ1) is 19.9. The number of carbonyl (C=O) groups is 2. The molecule has 5 nitrogen and oxygen atoms in total. The zero-order valence-corrected chi connectivity index (χ0v) is 26.0. The summed E-state index contributed by atoms with van der Waals surface area (Å²) < 4.78 is 27.7. The van der Waals surface area contributed by atoms with Gasteiger partial charge in [0.15, 0.2) is 0 Å². The Kier molecular flexibility index (Phi) is 14.7. The first-order valence-corrected chi connectivity index (χ1v) is 15.4. The van der Waals surface area contributed by atoms with Gasteiger partial charge in [-0.2, -0.15) is 0 Å². The number of nitrogens with zero attached hydrogens (tertiary/aromatic N) is 1. The Hall–Kier alpha value is -3.23. The Labute approximate surface area is 253 Å². The molecule has 0 saturated heterocycles. The monoisotopic (exact) mass is 598 g/mol. The predicted octanol–water partition coefficient (Wildman–Crippen LogP) is 8.24. The van der Waals surface area contributed by atoms with E-state index in [1.54, 1.807) is 23.1 Å². The van der Waals surface area contributed by atoms with E-state index in [-0.39, 0.29) is 30.0 Å². The molecule has 0 fully saturated rings. The van der Waals surface area contributed by atoms with E-state index in [0.717, 1.165) is 54.2 Å². The lowest BCUT2D eigenvalue weighted by Gasteiger charge is -2.23. The van der Waals surface area contributed by atoms with Crippen LogP contribution in [0, 0.1) is 11.6 Å². The molecule has 0 aliphatic heterocycles.